The molecule has 2 aromatic heterocycles. The molecule has 0 saturated heterocycles. The zero-order valence-electron chi connectivity index (χ0n) is 14.4. The Hall–Kier alpha value is -1.55. The molecule has 3 nitrogen and oxygen atoms in total. The van der Waals surface area contributed by atoms with Crippen molar-refractivity contribution in [1.82, 2.24) is 4.57 Å². The van der Waals surface area contributed by atoms with Crippen LogP contribution >= 0.6 is 11.3 Å². The number of nitrogens with one attached hydrogen (secondary N) is 1. The number of amides is 1. The van der Waals surface area contributed by atoms with Gasteiger partial charge in [0.1, 0.15) is 0 Å². The van der Waals surface area contributed by atoms with Gasteiger partial charge in [0.05, 0.1) is 11.3 Å². The molecule has 4 heteroatoms. The molecule has 0 spiro atoms. The normalized spacial score (nSPS) is 13.2. The molecule has 0 fully saturated rings. The highest BCUT2D eigenvalue weighted by Crippen LogP contribution is 2.37. The smallest absolute Gasteiger partial charge is 0.257 e. The molecule has 1 N–H and O–H groups in total. The van der Waals surface area contributed by atoms with Crippen LogP contribution in [0, 0.1) is 12.3 Å². The average molecular weight is 318 g/mol. The van der Waals surface area contributed by atoms with Crippen LogP contribution in [0.15, 0.2) is 23.8 Å². The maximum Gasteiger partial charge on any atom is 0.257 e. The number of nitrogens with zero attached hydrogens (tertiary/aromatic N) is 1. The minimum Gasteiger partial charge on any atom is -0.356 e. The third-order valence-electron chi connectivity index (χ3n) is 3.71. The van der Waals surface area contributed by atoms with Crippen molar-refractivity contribution in [3.05, 3.63) is 39.8 Å². The topological polar surface area (TPSA) is 34.0 Å². The lowest BCUT2D eigenvalue weighted by Gasteiger charge is -2.23. The Labute approximate surface area is 137 Å². The van der Waals surface area contributed by atoms with Crippen LogP contribution < -0.4 is 5.32 Å². The van der Waals surface area contributed by atoms with Gasteiger partial charge in [0.25, 0.3) is 5.91 Å². The molecule has 0 aliphatic rings. The summed E-state index contributed by atoms with van der Waals surface area (Å²) in [5, 5.41) is 5.14. The molecule has 2 rings (SSSR count). The van der Waals surface area contributed by atoms with E-state index in [-0.39, 0.29) is 11.3 Å². The summed E-state index contributed by atoms with van der Waals surface area (Å²) in [6.45, 7) is 11.0. The standard InChI is InChI=1S/C18H26N2OS/c1-12(9-18(3,4)5)16-15(7-8-22-16)19-17(21)14-11-20(6)10-13(14)2/h7-8,10-12H,9H2,1-6H3,(H,19,21). The molecular formula is C18H26N2OS. The Balaban J connectivity index is 2.16. The summed E-state index contributed by atoms with van der Waals surface area (Å²) >= 11 is 1.72. The van der Waals surface area contributed by atoms with Gasteiger partial charge < -0.3 is 9.88 Å². The Morgan fingerprint density at radius 1 is 1.36 bits per heavy atom. The molecule has 0 aromatic carbocycles. The second-order valence-electron chi connectivity index (χ2n) is 7.34. The van der Waals surface area contributed by atoms with E-state index in [0.717, 1.165) is 23.2 Å². The van der Waals surface area contributed by atoms with E-state index in [1.54, 1.807) is 11.3 Å². The van der Waals surface area contributed by atoms with Crippen LogP contribution in [0.3, 0.4) is 0 Å². The molecule has 0 radical (unpaired) electrons. The number of hydrogen-bond acceptors (Lipinski definition) is 2. The van der Waals surface area contributed by atoms with Crippen LogP contribution in [-0.4, -0.2) is 10.5 Å². The first-order chi connectivity index (χ1) is 10.2. The third kappa shape index (κ3) is 4.01. The third-order valence-corrected chi connectivity index (χ3v) is 4.86. The Morgan fingerprint density at radius 2 is 2.05 bits per heavy atom. The predicted octanol–water partition coefficient (Wildman–Crippen LogP) is 5.19. The zero-order chi connectivity index (χ0) is 16.5. The highest BCUT2D eigenvalue weighted by Gasteiger charge is 2.21. The summed E-state index contributed by atoms with van der Waals surface area (Å²) in [6, 6.07) is 2.01. The van der Waals surface area contributed by atoms with Gasteiger partial charge in [0.15, 0.2) is 0 Å². The summed E-state index contributed by atoms with van der Waals surface area (Å²) in [6.07, 6.45) is 4.93. The number of carbonyl (C=O) groups excluding carboxylic acids is 1. The molecule has 1 unspecified atom stereocenters. The molecule has 0 saturated carbocycles. The van der Waals surface area contributed by atoms with Gasteiger partial charge >= 0.3 is 0 Å². The number of rotatable bonds is 4. The molecule has 0 aliphatic carbocycles. The van der Waals surface area contributed by atoms with Gasteiger partial charge in [-0.15, -0.1) is 11.3 Å². The Kier molecular flexibility index (Phi) is 4.81. The Morgan fingerprint density at radius 3 is 2.59 bits per heavy atom. The van der Waals surface area contributed by atoms with E-state index in [2.05, 4.69) is 38.4 Å². The lowest BCUT2D eigenvalue weighted by Crippen LogP contribution is -2.14. The van der Waals surface area contributed by atoms with E-state index >= 15 is 0 Å². The van der Waals surface area contributed by atoms with Gasteiger partial charge in [-0.05, 0) is 41.7 Å². The lowest BCUT2D eigenvalue weighted by atomic mass is 9.84. The number of anilines is 1. The van der Waals surface area contributed by atoms with Crippen molar-refractivity contribution < 1.29 is 4.79 Å². The summed E-state index contributed by atoms with van der Waals surface area (Å²) in [4.78, 5) is 13.7. The molecule has 22 heavy (non-hydrogen) atoms. The first-order valence-electron chi connectivity index (χ1n) is 7.68. The highest BCUT2D eigenvalue weighted by atomic mass is 32.1. The maximum absolute atomic E-state index is 12.5. The van der Waals surface area contributed by atoms with Gasteiger partial charge in [0.2, 0.25) is 0 Å². The van der Waals surface area contributed by atoms with Crippen LogP contribution in [0.4, 0.5) is 5.69 Å². The zero-order valence-corrected chi connectivity index (χ0v) is 15.2. The average Bonchev–Trinajstić information content (AvgIpc) is 2.93. The summed E-state index contributed by atoms with van der Waals surface area (Å²) < 4.78 is 1.92. The van der Waals surface area contributed by atoms with Gasteiger partial charge in [-0.3, -0.25) is 4.79 Å². The van der Waals surface area contributed by atoms with E-state index in [1.165, 1.54) is 4.88 Å². The molecule has 0 aliphatic heterocycles. The van der Waals surface area contributed by atoms with Crippen LogP contribution in [0.25, 0.3) is 0 Å². The van der Waals surface area contributed by atoms with E-state index in [1.807, 2.05) is 37.0 Å². The second kappa shape index (κ2) is 6.29. The summed E-state index contributed by atoms with van der Waals surface area (Å²) in [7, 11) is 1.94. The summed E-state index contributed by atoms with van der Waals surface area (Å²) in [5.41, 5.74) is 2.97. The van der Waals surface area contributed by atoms with Crippen molar-refractivity contribution in [2.75, 3.05) is 5.32 Å². The number of aryl methyl sites for hydroxylation is 2. The SMILES string of the molecule is Cc1cn(C)cc1C(=O)Nc1ccsc1C(C)CC(C)(C)C. The lowest BCUT2D eigenvalue weighted by molar-refractivity contribution is 0.102. The maximum atomic E-state index is 12.5. The highest BCUT2D eigenvalue weighted by molar-refractivity contribution is 7.10. The molecule has 1 atom stereocenters. The number of aromatic nitrogens is 1. The van der Waals surface area contributed by atoms with Crippen molar-refractivity contribution in [1.29, 1.82) is 0 Å². The first-order valence-corrected chi connectivity index (χ1v) is 8.56. The van der Waals surface area contributed by atoms with Gasteiger partial charge in [-0.2, -0.15) is 0 Å². The summed E-state index contributed by atoms with van der Waals surface area (Å²) in [5.74, 6) is 0.410. The van der Waals surface area contributed by atoms with Gasteiger partial charge in [-0.1, -0.05) is 27.7 Å². The van der Waals surface area contributed by atoms with E-state index in [0.29, 0.717) is 5.92 Å². The van der Waals surface area contributed by atoms with E-state index in [4.69, 9.17) is 0 Å². The first kappa shape index (κ1) is 16.8. The predicted molar refractivity (Wildman–Crippen MR) is 94.9 cm³/mol. The fourth-order valence-corrected chi connectivity index (χ4v) is 3.87. The molecule has 2 aromatic rings. The minimum atomic E-state index is -0.0271. The van der Waals surface area contributed by atoms with E-state index < -0.39 is 0 Å². The number of hydrogen-bond donors (Lipinski definition) is 1. The number of carbonyl (C=O) groups is 1. The van der Waals surface area contributed by atoms with Crippen molar-refractivity contribution in [3.8, 4) is 0 Å². The van der Waals surface area contributed by atoms with Crippen LogP contribution in [0.5, 0.6) is 0 Å². The molecule has 2 heterocycles. The fraction of sp³-hybridized carbons (Fsp3) is 0.500. The quantitative estimate of drug-likeness (QED) is 0.827. The van der Waals surface area contributed by atoms with Crippen LogP contribution in [0.2, 0.25) is 0 Å². The molecular weight excluding hydrogens is 292 g/mol. The molecule has 0 bridgehead atoms. The van der Waals surface area contributed by atoms with Crippen molar-refractivity contribution in [3.63, 3.8) is 0 Å². The van der Waals surface area contributed by atoms with Crippen LogP contribution in [-0.2, 0) is 7.05 Å². The molecule has 1 amide bonds. The second-order valence-corrected chi connectivity index (χ2v) is 8.29. The van der Waals surface area contributed by atoms with Crippen LogP contribution in [0.1, 0.15) is 60.8 Å². The fourth-order valence-electron chi connectivity index (χ4n) is 2.96. The Bertz CT molecular complexity index is 661. The van der Waals surface area contributed by atoms with Crippen molar-refractivity contribution >= 4 is 22.9 Å². The van der Waals surface area contributed by atoms with Gasteiger partial charge in [-0.25, -0.2) is 0 Å². The van der Waals surface area contributed by atoms with Crippen molar-refractivity contribution in [2.45, 2.75) is 47.0 Å². The molecule has 120 valence electrons. The largest absolute Gasteiger partial charge is 0.356 e. The minimum absolute atomic E-state index is 0.0271. The monoisotopic (exact) mass is 318 g/mol. The van der Waals surface area contributed by atoms with Crippen molar-refractivity contribution in [2.24, 2.45) is 12.5 Å². The van der Waals surface area contributed by atoms with E-state index in [9.17, 15) is 4.79 Å². The number of thiophene rings is 1. The van der Waals surface area contributed by atoms with Gasteiger partial charge in [0, 0.05) is 24.3 Å².